The van der Waals surface area contributed by atoms with Gasteiger partial charge in [0, 0.05) is 24.7 Å². The van der Waals surface area contributed by atoms with Crippen LogP contribution in [-0.4, -0.2) is 46.2 Å². The van der Waals surface area contributed by atoms with Crippen LogP contribution in [0.4, 0.5) is 0 Å². The van der Waals surface area contributed by atoms with Gasteiger partial charge in [-0.2, -0.15) is 0 Å². The minimum atomic E-state index is 0.483. The highest BCUT2D eigenvalue weighted by molar-refractivity contribution is 5.44. The normalized spacial score (nSPS) is 20.8. The number of methoxy groups -OCH3 is 1. The SMILES string of the molecule is CCN1CCCC(c2nnc3cc(OC)ccn23)C1. The average molecular weight is 260 g/mol. The van der Waals surface area contributed by atoms with E-state index in [4.69, 9.17) is 4.74 Å². The van der Waals surface area contributed by atoms with Crippen LogP contribution in [0.3, 0.4) is 0 Å². The Balaban J connectivity index is 1.92. The number of fused-ring (bicyclic) bond motifs is 1. The van der Waals surface area contributed by atoms with Gasteiger partial charge >= 0.3 is 0 Å². The molecule has 1 fully saturated rings. The lowest BCUT2D eigenvalue weighted by molar-refractivity contribution is 0.213. The molecular formula is C14H20N4O. The Kier molecular flexibility index (Phi) is 3.38. The molecule has 1 saturated heterocycles. The number of rotatable bonds is 3. The van der Waals surface area contributed by atoms with E-state index in [1.807, 2.05) is 18.3 Å². The van der Waals surface area contributed by atoms with Crippen LogP contribution in [-0.2, 0) is 0 Å². The summed E-state index contributed by atoms with van der Waals surface area (Å²) in [6.45, 7) is 5.62. The predicted octanol–water partition coefficient (Wildman–Crippen LogP) is 1.94. The number of hydrogen-bond acceptors (Lipinski definition) is 4. The largest absolute Gasteiger partial charge is 0.497 e. The van der Waals surface area contributed by atoms with Gasteiger partial charge < -0.3 is 9.64 Å². The zero-order valence-electron chi connectivity index (χ0n) is 11.5. The Morgan fingerprint density at radius 2 is 2.32 bits per heavy atom. The topological polar surface area (TPSA) is 42.7 Å². The summed E-state index contributed by atoms with van der Waals surface area (Å²) in [5, 5.41) is 8.66. The maximum Gasteiger partial charge on any atom is 0.164 e. The molecule has 1 unspecified atom stereocenters. The smallest absolute Gasteiger partial charge is 0.164 e. The van der Waals surface area contributed by atoms with E-state index < -0.39 is 0 Å². The van der Waals surface area contributed by atoms with Crippen LogP contribution < -0.4 is 4.74 Å². The molecule has 5 nitrogen and oxygen atoms in total. The summed E-state index contributed by atoms with van der Waals surface area (Å²) in [5.41, 5.74) is 0.864. The molecule has 102 valence electrons. The molecule has 0 saturated carbocycles. The number of nitrogens with zero attached hydrogens (tertiary/aromatic N) is 4. The van der Waals surface area contributed by atoms with Crippen molar-refractivity contribution >= 4 is 5.65 Å². The van der Waals surface area contributed by atoms with E-state index in [1.165, 1.54) is 19.4 Å². The highest BCUT2D eigenvalue weighted by Crippen LogP contribution is 2.26. The third kappa shape index (κ3) is 2.30. The maximum atomic E-state index is 5.22. The zero-order chi connectivity index (χ0) is 13.2. The van der Waals surface area contributed by atoms with Crippen LogP contribution >= 0.6 is 0 Å². The molecule has 1 aliphatic heterocycles. The van der Waals surface area contributed by atoms with Crippen molar-refractivity contribution in [3.05, 3.63) is 24.2 Å². The number of hydrogen-bond donors (Lipinski definition) is 0. The summed E-state index contributed by atoms with van der Waals surface area (Å²) in [4.78, 5) is 2.48. The third-order valence-corrected chi connectivity index (χ3v) is 3.96. The molecule has 1 aliphatic rings. The lowest BCUT2D eigenvalue weighted by Gasteiger charge is -2.30. The summed E-state index contributed by atoms with van der Waals surface area (Å²) < 4.78 is 7.31. The van der Waals surface area contributed by atoms with Crippen LogP contribution in [0.5, 0.6) is 5.75 Å². The number of likely N-dealkylation sites (N-methyl/N-ethyl adjacent to an activating group) is 1. The molecule has 0 N–H and O–H groups in total. The molecule has 19 heavy (non-hydrogen) atoms. The van der Waals surface area contributed by atoms with Crippen molar-refractivity contribution in [2.45, 2.75) is 25.7 Å². The van der Waals surface area contributed by atoms with Gasteiger partial charge in [0.25, 0.3) is 0 Å². The maximum absolute atomic E-state index is 5.22. The van der Waals surface area contributed by atoms with Crippen LogP contribution in [0.2, 0.25) is 0 Å². The Morgan fingerprint density at radius 1 is 1.42 bits per heavy atom. The lowest BCUT2D eigenvalue weighted by Crippen LogP contribution is -2.34. The van der Waals surface area contributed by atoms with Crippen LogP contribution in [0.1, 0.15) is 31.5 Å². The Labute approximate surface area is 113 Å². The van der Waals surface area contributed by atoms with E-state index in [9.17, 15) is 0 Å². The van der Waals surface area contributed by atoms with Gasteiger partial charge in [-0.05, 0) is 32.0 Å². The van der Waals surface area contributed by atoms with E-state index in [1.54, 1.807) is 7.11 Å². The van der Waals surface area contributed by atoms with Crippen LogP contribution in [0.25, 0.3) is 5.65 Å². The number of pyridine rings is 1. The van der Waals surface area contributed by atoms with Crippen LogP contribution in [0, 0.1) is 0 Å². The molecule has 0 aliphatic carbocycles. The number of aromatic nitrogens is 3. The summed E-state index contributed by atoms with van der Waals surface area (Å²) in [6.07, 6.45) is 4.45. The van der Waals surface area contributed by atoms with Gasteiger partial charge in [-0.1, -0.05) is 6.92 Å². The molecule has 2 aromatic rings. The first-order valence-corrected chi connectivity index (χ1v) is 6.93. The van der Waals surface area contributed by atoms with Crippen molar-refractivity contribution < 1.29 is 4.74 Å². The third-order valence-electron chi connectivity index (χ3n) is 3.96. The van der Waals surface area contributed by atoms with Crippen LogP contribution in [0.15, 0.2) is 18.3 Å². The monoisotopic (exact) mass is 260 g/mol. The first kappa shape index (κ1) is 12.4. The fourth-order valence-electron chi connectivity index (χ4n) is 2.85. The van der Waals surface area contributed by atoms with Crippen molar-refractivity contribution in [2.24, 2.45) is 0 Å². The Hall–Kier alpha value is -1.62. The number of likely N-dealkylation sites (tertiary alicyclic amines) is 1. The van der Waals surface area contributed by atoms with Gasteiger partial charge in [0.1, 0.15) is 11.6 Å². The van der Waals surface area contributed by atoms with Gasteiger partial charge in [0.05, 0.1) is 7.11 Å². The second kappa shape index (κ2) is 5.17. The quantitative estimate of drug-likeness (QED) is 0.846. The van der Waals surface area contributed by atoms with Crippen molar-refractivity contribution in [3.63, 3.8) is 0 Å². The fraction of sp³-hybridized carbons (Fsp3) is 0.571. The second-order valence-electron chi connectivity index (χ2n) is 5.09. The van der Waals surface area contributed by atoms with E-state index >= 15 is 0 Å². The first-order valence-electron chi connectivity index (χ1n) is 6.93. The minimum Gasteiger partial charge on any atom is -0.497 e. The number of piperidine rings is 1. The summed E-state index contributed by atoms with van der Waals surface area (Å²) in [7, 11) is 1.67. The summed E-state index contributed by atoms with van der Waals surface area (Å²) in [6, 6.07) is 3.89. The molecule has 0 bridgehead atoms. The van der Waals surface area contributed by atoms with E-state index in [-0.39, 0.29) is 0 Å². The Morgan fingerprint density at radius 3 is 3.11 bits per heavy atom. The van der Waals surface area contributed by atoms with Crippen molar-refractivity contribution in [1.29, 1.82) is 0 Å². The van der Waals surface area contributed by atoms with Gasteiger partial charge in [-0.3, -0.25) is 4.40 Å². The van der Waals surface area contributed by atoms with Gasteiger partial charge in [0.15, 0.2) is 5.65 Å². The van der Waals surface area contributed by atoms with E-state index in [0.29, 0.717) is 5.92 Å². The zero-order valence-corrected chi connectivity index (χ0v) is 11.5. The fourth-order valence-corrected chi connectivity index (χ4v) is 2.85. The van der Waals surface area contributed by atoms with E-state index in [0.717, 1.165) is 30.3 Å². The molecular weight excluding hydrogens is 240 g/mol. The molecule has 0 amide bonds. The highest BCUT2D eigenvalue weighted by Gasteiger charge is 2.24. The van der Waals surface area contributed by atoms with Gasteiger partial charge in [-0.15, -0.1) is 10.2 Å². The summed E-state index contributed by atoms with van der Waals surface area (Å²) in [5.74, 6) is 2.39. The number of ether oxygens (including phenoxy) is 1. The molecule has 0 spiro atoms. The predicted molar refractivity (Wildman–Crippen MR) is 73.6 cm³/mol. The standard InChI is InChI=1S/C14H20N4O/c1-3-17-7-4-5-11(10-17)14-16-15-13-9-12(19-2)6-8-18(13)14/h6,8-9,11H,3-5,7,10H2,1-2H3. The van der Waals surface area contributed by atoms with E-state index in [2.05, 4.69) is 26.4 Å². The molecule has 1 atom stereocenters. The Bertz CT molecular complexity index is 566. The average Bonchev–Trinajstić information content (AvgIpc) is 2.90. The molecule has 3 heterocycles. The lowest BCUT2D eigenvalue weighted by atomic mass is 9.97. The van der Waals surface area contributed by atoms with Gasteiger partial charge in [0.2, 0.25) is 0 Å². The molecule has 0 radical (unpaired) electrons. The molecule has 2 aromatic heterocycles. The van der Waals surface area contributed by atoms with Crippen molar-refractivity contribution in [2.75, 3.05) is 26.7 Å². The van der Waals surface area contributed by atoms with Crippen molar-refractivity contribution in [1.82, 2.24) is 19.5 Å². The minimum absolute atomic E-state index is 0.483. The second-order valence-corrected chi connectivity index (χ2v) is 5.09. The molecule has 3 rings (SSSR count). The van der Waals surface area contributed by atoms with Gasteiger partial charge in [-0.25, -0.2) is 0 Å². The van der Waals surface area contributed by atoms with Crippen molar-refractivity contribution in [3.8, 4) is 5.75 Å². The molecule has 5 heteroatoms. The summed E-state index contributed by atoms with van der Waals surface area (Å²) >= 11 is 0. The highest BCUT2D eigenvalue weighted by atomic mass is 16.5. The molecule has 0 aromatic carbocycles. The first-order chi connectivity index (χ1) is 9.31.